The van der Waals surface area contributed by atoms with E-state index in [2.05, 4.69) is 10.3 Å². The van der Waals surface area contributed by atoms with E-state index in [1.165, 1.54) is 0 Å². The van der Waals surface area contributed by atoms with E-state index in [4.69, 9.17) is 10.5 Å². The second-order valence-electron chi connectivity index (χ2n) is 3.43. The maximum atomic E-state index is 5.59. The van der Waals surface area contributed by atoms with Crippen LogP contribution in [0.3, 0.4) is 0 Å². The van der Waals surface area contributed by atoms with E-state index in [1.807, 2.05) is 0 Å². The van der Waals surface area contributed by atoms with Crippen LogP contribution in [-0.4, -0.2) is 31.8 Å². The highest BCUT2D eigenvalue weighted by molar-refractivity contribution is 5.78. The summed E-state index contributed by atoms with van der Waals surface area (Å²) in [6.07, 6.45) is 2.25. The van der Waals surface area contributed by atoms with Crippen molar-refractivity contribution in [3.63, 3.8) is 0 Å². The highest BCUT2D eigenvalue weighted by atomic mass is 16.5. The van der Waals surface area contributed by atoms with E-state index < -0.39 is 0 Å². The van der Waals surface area contributed by atoms with Gasteiger partial charge in [0.05, 0.1) is 6.61 Å². The Bertz CT molecular complexity index is 187. The summed E-state index contributed by atoms with van der Waals surface area (Å²) in [7, 11) is 0. The lowest BCUT2D eigenvalue weighted by Gasteiger charge is -2.26. The molecule has 4 nitrogen and oxygen atoms in total. The summed E-state index contributed by atoms with van der Waals surface area (Å²) < 4.78 is 5.32. The number of ether oxygens (including phenoxy) is 1. The molecule has 0 spiro atoms. The molecule has 0 aromatic rings. The van der Waals surface area contributed by atoms with E-state index >= 15 is 0 Å². The second kappa shape index (κ2) is 3.31. The molecular weight excluding hydrogens is 154 g/mol. The van der Waals surface area contributed by atoms with Gasteiger partial charge in [0.1, 0.15) is 0 Å². The van der Waals surface area contributed by atoms with E-state index in [0.717, 1.165) is 32.6 Å². The van der Waals surface area contributed by atoms with Crippen LogP contribution < -0.4 is 11.1 Å². The highest BCUT2D eigenvalue weighted by Crippen LogP contribution is 2.19. The van der Waals surface area contributed by atoms with Gasteiger partial charge in [-0.3, -0.25) is 4.99 Å². The summed E-state index contributed by atoms with van der Waals surface area (Å²) in [4.78, 5) is 4.09. The third kappa shape index (κ3) is 1.53. The monoisotopic (exact) mass is 169 g/mol. The number of nitrogens with one attached hydrogen (secondary N) is 1. The molecule has 0 aliphatic carbocycles. The summed E-state index contributed by atoms with van der Waals surface area (Å²) >= 11 is 0. The summed E-state index contributed by atoms with van der Waals surface area (Å²) in [6.45, 7) is 2.64. The van der Waals surface area contributed by atoms with E-state index in [0.29, 0.717) is 17.9 Å². The maximum Gasteiger partial charge on any atom is 0.188 e. The highest BCUT2D eigenvalue weighted by Gasteiger charge is 2.27. The SMILES string of the molecule is NC1=NCCC(C2CCOC2)N1. The quantitative estimate of drug-likeness (QED) is 0.566. The Kier molecular flexibility index (Phi) is 2.17. The van der Waals surface area contributed by atoms with Gasteiger partial charge in [-0.1, -0.05) is 0 Å². The molecule has 3 N–H and O–H groups in total. The van der Waals surface area contributed by atoms with Crippen molar-refractivity contribution < 1.29 is 4.74 Å². The van der Waals surface area contributed by atoms with Gasteiger partial charge < -0.3 is 15.8 Å². The lowest BCUT2D eigenvalue weighted by molar-refractivity contribution is 0.177. The van der Waals surface area contributed by atoms with Crippen molar-refractivity contribution >= 4 is 5.96 Å². The number of hydrogen-bond donors (Lipinski definition) is 2. The first-order valence-electron chi connectivity index (χ1n) is 4.50. The Labute approximate surface area is 72.2 Å². The fourth-order valence-electron chi connectivity index (χ4n) is 1.86. The molecular formula is C8H15N3O. The zero-order valence-electron chi connectivity index (χ0n) is 7.12. The zero-order valence-corrected chi connectivity index (χ0v) is 7.12. The minimum atomic E-state index is 0.491. The average Bonchev–Trinajstić information content (AvgIpc) is 2.56. The number of nitrogens with two attached hydrogens (primary N) is 1. The number of hydrogen-bond acceptors (Lipinski definition) is 4. The van der Waals surface area contributed by atoms with Gasteiger partial charge in [-0.15, -0.1) is 0 Å². The smallest absolute Gasteiger partial charge is 0.188 e. The van der Waals surface area contributed by atoms with Crippen molar-refractivity contribution in [1.29, 1.82) is 0 Å². The largest absolute Gasteiger partial charge is 0.381 e. The molecule has 0 saturated carbocycles. The molecule has 68 valence electrons. The molecule has 2 rings (SSSR count). The molecule has 4 heteroatoms. The molecule has 0 bridgehead atoms. The molecule has 2 atom stereocenters. The molecule has 0 aromatic carbocycles. The Hall–Kier alpha value is -0.770. The van der Waals surface area contributed by atoms with Gasteiger partial charge >= 0.3 is 0 Å². The summed E-state index contributed by atoms with van der Waals surface area (Å²) in [6, 6.07) is 0.491. The number of aliphatic imine (C=N–C) groups is 1. The number of nitrogens with zero attached hydrogens (tertiary/aromatic N) is 1. The zero-order chi connectivity index (χ0) is 8.39. The number of rotatable bonds is 1. The Morgan fingerprint density at radius 1 is 1.50 bits per heavy atom. The van der Waals surface area contributed by atoms with Gasteiger partial charge in [0.15, 0.2) is 5.96 Å². The second-order valence-corrected chi connectivity index (χ2v) is 3.43. The molecule has 2 unspecified atom stereocenters. The van der Waals surface area contributed by atoms with Gasteiger partial charge in [0, 0.05) is 25.1 Å². The third-order valence-electron chi connectivity index (χ3n) is 2.59. The van der Waals surface area contributed by atoms with E-state index in [9.17, 15) is 0 Å². The van der Waals surface area contributed by atoms with Crippen molar-refractivity contribution in [1.82, 2.24) is 5.32 Å². The predicted octanol–water partition coefficient (Wildman–Crippen LogP) is -0.300. The fraction of sp³-hybridized carbons (Fsp3) is 0.875. The summed E-state index contributed by atoms with van der Waals surface area (Å²) in [5, 5.41) is 3.21. The van der Waals surface area contributed by atoms with Crippen LogP contribution in [0.1, 0.15) is 12.8 Å². The van der Waals surface area contributed by atoms with Crippen molar-refractivity contribution in [2.45, 2.75) is 18.9 Å². The van der Waals surface area contributed by atoms with Crippen molar-refractivity contribution in [2.75, 3.05) is 19.8 Å². The van der Waals surface area contributed by atoms with Gasteiger partial charge in [-0.2, -0.15) is 0 Å². The first kappa shape index (κ1) is 7.86. The molecule has 2 aliphatic rings. The Balaban J connectivity index is 1.91. The van der Waals surface area contributed by atoms with Crippen LogP contribution >= 0.6 is 0 Å². The van der Waals surface area contributed by atoms with E-state index in [1.54, 1.807) is 0 Å². The van der Waals surface area contributed by atoms with Crippen LogP contribution in [0.15, 0.2) is 4.99 Å². The van der Waals surface area contributed by atoms with Crippen LogP contribution in [-0.2, 0) is 4.74 Å². The molecule has 0 amide bonds. The Morgan fingerprint density at radius 3 is 3.08 bits per heavy atom. The Morgan fingerprint density at radius 2 is 2.42 bits per heavy atom. The van der Waals surface area contributed by atoms with Gasteiger partial charge in [0.2, 0.25) is 0 Å². The van der Waals surface area contributed by atoms with Crippen molar-refractivity contribution in [3.8, 4) is 0 Å². The standard InChI is InChI=1S/C8H15N3O/c9-8-10-3-1-7(11-8)6-2-4-12-5-6/h6-7H,1-5H2,(H3,9,10,11). The fourth-order valence-corrected chi connectivity index (χ4v) is 1.86. The molecule has 2 aliphatic heterocycles. The molecule has 1 fully saturated rings. The third-order valence-corrected chi connectivity index (χ3v) is 2.59. The lowest BCUT2D eigenvalue weighted by Crippen LogP contribution is -2.47. The maximum absolute atomic E-state index is 5.59. The van der Waals surface area contributed by atoms with Crippen molar-refractivity contribution in [2.24, 2.45) is 16.6 Å². The first-order chi connectivity index (χ1) is 5.86. The molecule has 2 heterocycles. The minimum Gasteiger partial charge on any atom is -0.381 e. The van der Waals surface area contributed by atoms with Crippen LogP contribution in [0.2, 0.25) is 0 Å². The van der Waals surface area contributed by atoms with Crippen LogP contribution in [0.4, 0.5) is 0 Å². The first-order valence-corrected chi connectivity index (χ1v) is 4.50. The molecule has 12 heavy (non-hydrogen) atoms. The van der Waals surface area contributed by atoms with Gasteiger partial charge in [-0.05, 0) is 12.8 Å². The van der Waals surface area contributed by atoms with Crippen molar-refractivity contribution in [3.05, 3.63) is 0 Å². The lowest BCUT2D eigenvalue weighted by atomic mass is 9.96. The number of guanidine groups is 1. The van der Waals surface area contributed by atoms with Gasteiger partial charge in [0.25, 0.3) is 0 Å². The average molecular weight is 169 g/mol. The van der Waals surface area contributed by atoms with Crippen LogP contribution in [0.5, 0.6) is 0 Å². The topological polar surface area (TPSA) is 59.6 Å². The summed E-state index contributed by atoms with van der Waals surface area (Å²) in [5.74, 6) is 1.23. The normalized spacial score (nSPS) is 35.8. The van der Waals surface area contributed by atoms with Crippen LogP contribution in [0, 0.1) is 5.92 Å². The summed E-state index contributed by atoms with van der Waals surface area (Å²) in [5.41, 5.74) is 5.59. The molecule has 1 saturated heterocycles. The van der Waals surface area contributed by atoms with Gasteiger partial charge in [-0.25, -0.2) is 0 Å². The predicted molar refractivity (Wildman–Crippen MR) is 47.0 cm³/mol. The van der Waals surface area contributed by atoms with Crippen LogP contribution in [0.25, 0.3) is 0 Å². The van der Waals surface area contributed by atoms with E-state index in [-0.39, 0.29) is 0 Å². The minimum absolute atomic E-state index is 0.491. The molecule has 0 aromatic heterocycles. The molecule has 0 radical (unpaired) electrons.